The Balaban J connectivity index is 0.00000242. The number of imidazole rings is 1. The molecule has 1 aromatic heterocycles. The molecule has 0 unspecified atom stereocenters. The van der Waals surface area contributed by atoms with E-state index < -0.39 is 0 Å². The van der Waals surface area contributed by atoms with Crippen molar-refractivity contribution in [2.24, 2.45) is 0 Å². The van der Waals surface area contributed by atoms with Crippen molar-refractivity contribution >= 4 is 23.2 Å². The summed E-state index contributed by atoms with van der Waals surface area (Å²) in [4.78, 5) is 4.02. The van der Waals surface area contributed by atoms with Crippen LogP contribution in [0.1, 0.15) is 18.9 Å². The molecule has 0 fully saturated rings. The highest BCUT2D eigenvalue weighted by Crippen LogP contribution is 2.32. The fraction of sp³-hybridized carbons (Fsp3) is 0.400. The summed E-state index contributed by atoms with van der Waals surface area (Å²) in [5.74, 6) is 0.714. The van der Waals surface area contributed by atoms with E-state index in [0.29, 0.717) is 28.9 Å². The molecule has 2 rings (SSSR count). The molecule has 0 aliphatic heterocycles. The molecule has 0 aliphatic carbocycles. The van der Waals surface area contributed by atoms with Gasteiger partial charge in [-0.25, -0.2) is 4.98 Å². The van der Waals surface area contributed by atoms with Crippen molar-refractivity contribution in [2.45, 2.75) is 26.4 Å². The summed E-state index contributed by atoms with van der Waals surface area (Å²) in [6.45, 7) is 5.04. The van der Waals surface area contributed by atoms with Crippen molar-refractivity contribution in [3.05, 3.63) is 46.5 Å². The first-order valence-corrected chi connectivity index (χ1v) is 7.73. The molecule has 0 saturated carbocycles. The number of hydrogen-bond acceptors (Lipinski definition) is 3. The summed E-state index contributed by atoms with van der Waals surface area (Å²) in [6.07, 6.45) is 6.60. The van der Waals surface area contributed by atoms with E-state index in [4.69, 9.17) is 27.9 Å². The fourth-order valence-corrected chi connectivity index (χ4v) is 2.67. The topological polar surface area (TPSA) is 39.1 Å². The maximum Gasteiger partial charge on any atom is 0.142 e. The highest BCUT2D eigenvalue weighted by atomic mass is 35.5. The Hall–Kier alpha value is -0.940. The number of halogens is 3. The number of nitrogens with one attached hydrogen (secondary N) is 1. The van der Waals surface area contributed by atoms with Crippen LogP contribution in [0.15, 0.2) is 30.9 Å². The molecule has 0 bridgehead atoms. The van der Waals surface area contributed by atoms with Crippen LogP contribution in [0.25, 0.3) is 0 Å². The standard InChI is InChI=1S/C15H19Cl2N3O.ClH/c1-2-21-15-12(8-13(16)9-14(15)17)10-18-4-3-6-20-7-5-19-11-20;/h5,7-9,11,18H,2-4,6,10H2,1H3;1H/p-1. The molecular weight excluding hydrogens is 345 g/mol. The molecule has 1 aromatic carbocycles. The van der Waals surface area contributed by atoms with Crippen molar-refractivity contribution < 1.29 is 17.1 Å². The third kappa shape index (κ3) is 5.69. The van der Waals surface area contributed by atoms with Crippen LogP contribution in [0.5, 0.6) is 5.75 Å². The van der Waals surface area contributed by atoms with Crippen molar-refractivity contribution in [3.8, 4) is 5.75 Å². The predicted octanol–water partition coefficient (Wildman–Crippen LogP) is 0.772. The van der Waals surface area contributed by atoms with Gasteiger partial charge >= 0.3 is 0 Å². The molecule has 22 heavy (non-hydrogen) atoms. The average Bonchev–Trinajstić information content (AvgIpc) is 2.95. The Kier molecular flexibility index (Phi) is 8.64. The summed E-state index contributed by atoms with van der Waals surface area (Å²) in [5, 5.41) is 4.57. The smallest absolute Gasteiger partial charge is 0.142 e. The van der Waals surface area contributed by atoms with Crippen LogP contribution < -0.4 is 22.5 Å². The maximum absolute atomic E-state index is 6.17. The normalized spacial score (nSPS) is 10.3. The predicted molar refractivity (Wildman–Crippen MR) is 86.2 cm³/mol. The number of aryl methyl sites for hydroxylation is 1. The zero-order chi connectivity index (χ0) is 15.1. The summed E-state index contributed by atoms with van der Waals surface area (Å²) >= 11 is 12.2. The van der Waals surface area contributed by atoms with Gasteiger partial charge in [-0.05, 0) is 32.0 Å². The molecule has 0 radical (unpaired) electrons. The van der Waals surface area contributed by atoms with Gasteiger partial charge in [-0.15, -0.1) is 0 Å². The molecule has 7 heteroatoms. The minimum Gasteiger partial charge on any atom is -1.00 e. The van der Waals surface area contributed by atoms with Gasteiger partial charge in [-0.3, -0.25) is 0 Å². The lowest BCUT2D eigenvalue weighted by Gasteiger charge is -2.13. The van der Waals surface area contributed by atoms with Crippen LogP contribution in [-0.2, 0) is 13.1 Å². The Morgan fingerprint density at radius 3 is 2.82 bits per heavy atom. The lowest BCUT2D eigenvalue weighted by atomic mass is 10.2. The maximum atomic E-state index is 6.17. The van der Waals surface area contributed by atoms with E-state index >= 15 is 0 Å². The molecule has 0 spiro atoms. The van der Waals surface area contributed by atoms with Crippen molar-refractivity contribution in [2.75, 3.05) is 13.2 Å². The van der Waals surface area contributed by atoms with E-state index in [1.807, 2.05) is 25.5 Å². The summed E-state index contributed by atoms with van der Waals surface area (Å²) in [5.41, 5.74) is 0.983. The quantitative estimate of drug-likeness (QED) is 0.704. The van der Waals surface area contributed by atoms with E-state index in [0.717, 1.165) is 25.1 Å². The second-order valence-corrected chi connectivity index (χ2v) is 5.48. The number of nitrogens with zero attached hydrogens (tertiary/aromatic N) is 2. The van der Waals surface area contributed by atoms with Crippen LogP contribution in [0, 0.1) is 0 Å². The molecule has 1 N–H and O–H groups in total. The summed E-state index contributed by atoms with van der Waals surface area (Å²) in [7, 11) is 0. The number of hydrogen-bond donors (Lipinski definition) is 1. The molecule has 4 nitrogen and oxygen atoms in total. The molecule has 2 aromatic rings. The first-order valence-electron chi connectivity index (χ1n) is 6.98. The van der Waals surface area contributed by atoms with E-state index in [9.17, 15) is 0 Å². The van der Waals surface area contributed by atoms with Crippen molar-refractivity contribution in [1.82, 2.24) is 14.9 Å². The van der Waals surface area contributed by atoms with Crippen LogP contribution in [0.4, 0.5) is 0 Å². The molecular formula is C15H19Cl3N3O-. The van der Waals surface area contributed by atoms with Crippen LogP contribution in [-0.4, -0.2) is 22.7 Å². The second kappa shape index (κ2) is 9.95. The van der Waals surface area contributed by atoms with Crippen LogP contribution in [0.2, 0.25) is 10.0 Å². The van der Waals surface area contributed by atoms with Crippen LogP contribution in [0.3, 0.4) is 0 Å². The Labute approximate surface area is 147 Å². The number of ether oxygens (including phenoxy) is 1. The molecule has 0 aliphatic rings. The lowest BCUT2D eigenvalue weighted by Crippen LogP contribution is -3.00. The second-order valence-electron chi connectivity index (χ2n) is 4.64. The van der Waals surface area contributed by atoms with Gasteiger partial charge in [0, 0.05) is 36.1 Å². The molecule has 1 heterocycles. The molecule has 122 valence electrons. The van der Waals surface area contributed by atoms with E-state index in [-0.39, 0.29) is 12.4 Å². The fourth-order valence-electron chi connectivity index (χ4n) is 2.08. The lowest BCUT2D eigenvalue weighted by molar-refractivity contribution is -0.00000475. The Bertz CT molecular complexity index is 561. The zero-order valence-electron chi connectivity index (χ0n) is 12.4. The summed E-state index contributed by atoms with van der Waals surface area (Å²) < 4.78 is 7.65. The first kappa shape index (κ1) is 19.1. The Morgan fingerprint density at radius 2 is 2.14 bits per heavy atom. The third-order valence-corrected chi connectivity index (χ3v) is 3.52. The van der Waals surface area contributed by atoms with Gasteiger partial charge in [-0.1, -0.05) is 23.2 Å². The Morgan fingerprint density at radius 1 is 1.32 bits per heavy atom. The average molecular weight is 364 g/mol. The van der Waals surface area contributed by atoms with Gasteiger partial charge in [0.1, 0.15) is 5.75 Å². The highest BCUT2D eigenvalue weighted by Gasteiger charge is 2.10. The largest absolute Gasteiger partial charge is 1.00 e. The third-order valence-electron chi connectivity index (χ3n) is 3.02. The van der Waals surface area contributed by atoms with Gasteiger partial charge in [0.2, 0.25) is 0 Å². The number of rotatable bonds is 8. The summed E-state index contributed by atoms with van der Waals surface area (Å²) in [6, 6.07) is 3.60. The molecule has 0 saturated heterocycles. The van der Waals surface area contributed by atoms with Gasteiger partial charge in [0.05, 0.1) is 18.0 Å². The van der Waals surface area contributed by atoms with Gasteiger partial charge in [0.25, 0.3) is 0 Å². The SMILES string of the molecule is CCOc1c(Cl)cc(Cl)cc1CNCCCn1ccnc1.[Cl-]. The van der Waals surface area contributed by atoms with Gasteiger partial charge < -0.3 is 27.0 Å². The van der Waals surface area contributed by atoms with E-state index in [2.05, 4.69) is 14.9 Å². The van der Waals surface area contributed by atoms with E-state index in [1.54, 1.807) is 12.3 Å². The highest BCUT2D eigenvalue weighted by molar-refractivity contribution is 6.35. The van der Waals surface area contributed by atoms with E-state index in [1.165, 1.54) is 0 Å². The van der Waals surface area contributed by atoms with Crippen molar-refractivity contribution in [3.63, 3.8) is 0 Å². The monoisotopic (exact) mass is 362 g/mol. The molecule has 0 atom stereocenters. The first-order chi connectivity index (χ1) is 10.2. The number of benzene rings is 1. The zero-order valence-corrected chi connectivity index (χ0v) is 14.6. The van der Waals surface area contributed by atoms with Crippen LogP contribution >= 0.6 is 23.2 Å². The van der Waals surface area contributed by atoms with Crippen molar-refractivity contribution in [1.29, 1.82) is 0 Å². The number of aromatic nitrogens is 2. The minimum absolute atomic E-state index is 0. The minimum atomic E-state index is 0. The van der Waals surface area contributed by atoms with Gasteiger partial charge in [0.15, 0.2) is 0 Å². The molecule has 0 amide bonds. The van der Waals surface area contributed by atoms with Gasteiger partial charge in [-0.2, -0.15) is 0 Å².